The van der Waals surface area contributed by atoms with Crippen LogP contribution >= 0.6 is 23.2 Å². The van der Waals surface area contributed by atoms with E-state index in [0.717, 1.165) is 11.4 Å². The van der Waals surface area contributed by atoms with Crippen molar-refractivity contribution in [1.29, 1.82) is 0 Å². The standard InChI is InChI=1S/C14H16Cl2FN3/c1-8-14(16)13(20(2)19-8)7-9(18)6-10-11(15)4-3-5-12(10)17/h3-5,9H,6-7,18H2,1-2H3. The lowest BCUT2D eigenvalue weighted by atomic mass is 10.0. The summed E-state index contributed by atoms with van der Waals surface area (Å²) in [5, 5.41) is 5.24. The van der Waals surface area contributed by atoms with Crippen LogP contribution in [-0.4, -0.2) is 15.8 Å². The molecule has 0 spiro atoms. The lowest BCUT2D eigenvalue weighted by Crippen LogP contribution is -2.27. The number of halogens is 3. The highest BCUT2D eigenvalue weighted by atomic mass is 35.5. The zero-order valence-corrected chi connectivity index (χ0v) is 12.8. The van der Waals surface area contributed by atoms with Crippen molar-refractivity contribution in [3.05, 3.63) is 51.0 Å². The topological polar surface area (TPSA) is 43.8 Å². The Labute approximate surface area is 127 Å². The first-order valence-electron chi connectivity index (χ1n) is 6.26. The van der Waals surface area contributed by atoms with E-state index in [9.17, 15) is 4.39 Å². The van der Waals surface area contributed by atoms with E-state index in [0.29, 0.717) is 28.5 Å². The van der Waals surface area contributed by atoms with E-state index < -0.39 is 0 Å². The third-order valence-corrected chi connectivity index (χ3v) is 4.09. The summed E-state index contributed by atoms with van der Waals surface area (Å²) < 4.78 is 15.4. The molecular formula is C14H16Cl2FN3. The molecule has 0 saturated carbocycles. The molecule has 0 bridgehead atoms. The van der Waals surface area contributed by atoms with E-state index in [1.807, 2.05) is 14.0 Å². The largest absolute Gasteiger partial charge is 0.327 e. The van der Waals surface area contributed by atoms with Crippen molar-refractivity contribution < 1.29 is 4.39 Å². The van der Waals surface area contributed by atoms with Crippen LogP contribution in [0, 0.1) is 12.7 Å². The second kappa shape index (κ2) is 6.12. The fourth-order valence-electron chi connectivity index (χ4n) is 2.21. The molecule has 6 heteroatoms. The molecule has 0 saturated heterocycles. The maximum Gasteiger partial charge on any atom is 0.127 e. The molecule has 108 valence electrons. The van der Waals surface area contributed by atoms with Crippen LogP contribution in [0.15, 0.2) is 18.2 Å². The number of hydrogen-bond acceptors (Lipinski definition) is 2. The van der Waals surface area contributed by atoms with E-state index in [-0.39, 0.29) is 11.9 Å². The Kier molecular flexibility index (Phi) is 4.68. The van der Waals surface area contributed by atoms with Crippen molar-refractivity contribution in [1.82, 2.24) is 9.78 Å². The van der Waals surface area contributed by atoms with Gasteiger partial charge in [0.1, 0.15) is 5.82 Å². The van der Waals surface area contributed by atoms with Crippen LogP contribution in [0.25, 0.3) is 0 Å². The normalized spacial score (nSPS) is 12.7. The second-order valence-corrected chi connectivity index (χ2v) is 5.62. The minimum Gasteiger partial charge on any atom is -0.327 e. The molecule has 0 amide bonds. The Bertz CT molecular complexity index is 605. The predicted molar refractivity (Wildman–Crippen MR) is 79.7 cm³/mol. The zero-order chi connectivity index (χ0) is 14.9. The molecule has 1 aromatic carbocycles. The van der Waals surface area contributed by atoms with Gasteiger partial charge in [0.25, 0.3) is 0 Å². The Morgan fingerprint density at radius 2 is 2.05 bits per heavy atom. The Morgan fingerprint density at radius 1 is 1.35 bits per heavy atom. The molecule has 0 aliphatic rings. The minimum absolute atomic E-state index is 0.281. The van der Waals surface area contributed by atoms with E-state index in [4.69, 9.17) is 28.9 Å². The van der Waals surface area contributed by atoms with Gasteiger partial charge in [0.2, 0.25) is 0 Å². The van der Waals surface area contributed by atoms with Gasteiger partial charge < -0.3 is 5.73 Å². The lowest BCUT2D eigenvalue weighted by Gasteiger charge is -2.14. The van der Waals surface area contributed by atoms with Crippen LogP contribution in [0.5, 0.6) is 0 Å². The summed E-state index contributed by atoms with van der Waals surface area (Å²) in [6, 6.07) is 4.34. The molecule has 0 radical (unpaired) electrons. The van der Waals surface area contributed by atoms with Crippen LogP contribution in [0.2, 0.25) is 10.0 Å². The van der Waals surface area contributed by atoms with Crippen LogP contribution in [0.4, 0.5) is 4.39 Å². The van der Waals surface area contributed by atoms with Crippen molar-refractivity contribution >= 4 is 23.2 Å². The quantitative estimate of drug-likeness (QED) is 0.941. The van der Waals surface area contributed by atoms with Crippen LogP contribution in [-0.2, 0) is 19.9 Å². The molecule has 0 aliphatic heterocycles. The first-order chi connectivity index (χ1) is 9.40. The van der Waals surface area contributed by atoms with Gasteiger partial charge in [0.15, 0.2) is 0 Å². The highest BCUT2D eigenvalue weighted by Gasteiger charge is 2.17. The summed E-state index contributed by atoms with van der Waals surface area (Å²) in [6.45, 7) is 1.84. The van der Waals surface area contributed by atoms with Gasteiger partial charge in [-0.1, -0.05) is 29.3 Å². The van der Waals surface area contributed by atoms with E-state index in [1.54, 1.807) is 16.8 Å². The molecule has 0 fully saturated rings. The van der Waals surface area contributed by atoms with Gasteiger partial charge in [0.05, 0.1) is 16.4 Å². The molecular weight excluding hydrogens is 300 g/mol. The Balaban J connectivity index is 2.15. The third-order valence-electron chi connectivity index (χ3n) is 3.25. The van der Waals surface area contributed by atoms with Crippen LogP contribution < -0.4 is 5.73 Å². The zero-order valence-electron chi connectivity index (χ0n) is 11.3. The Morgan fingerprint density at radius 3 is 2.60 bits per heavy atom. The molecule has 3 nitrogen and oxygen atoms in total. The highest BCUT2D eigenvalue weighted by Crippen LogP contribution is 2.24. The van der Waals surface area contributed by atoms with Crippen molar-refractivity contribution in [2.24, 2.45) is 12.8 Å². The molecule has 20 heavy (non-hydrogen) atoms. The fourth-order valence-corrected chi connectivity index (χ4v) is 2.69. The van der Waals surface area contributed by atoms with Crippen molar-refractivity contribution in [3.8, 4) is 0 Å². The number of nitrogens with two attached hydrogens (primary N) is 1. The molecule has 1 aromatic heterocycles. The maximum atomic E-state index is 13.7. The van der Waals surface area contributed by atoms with Crippen molar-refractivity contribution in [3.63, 3.8) is 0 Å². The number of nitrogens with zero attached hydrogens (tertiary/aromatic N) is 2. The Hall–Kier alpha value is -1.10. The fraction of sp³-hybridized carbons (Fsp3) is 0.357. The summed E-state index contributed by atoms with van der Waals surface area (Å²) in [5.74, 6) is -0.333. The highest BCUT2D eigenvalue weighted by molar-refractivity contribution is 6.32. The molecule has 2 rings (SSSR count). The van der Waals surface area contributed by atoms with Gasteiger partial charge in [0, 0.05) is 30.1 Å². The molecule has 0 aliphatic carbocycles. The van der Waals surface area contributed by atoms with Crippen molar-refractivity contribution in [2.75, 3.05) is 0 Å². The molecule has 1 atom stereocenters. The summed E-state index contributed by atoms with van der Waals surface area (Å²) >= 11 is 12.2. The van der Waals surface area contributed by atoms with Crippen LogP contribution in [0.3, 0.4) is 0 Å². The predicted octanol–water partition coefficient (Wildman–Crippen LogP) is 3.29. The lowest BCUT2D eigenvalue weighted by molar-refractivity contribution is 0.572. The third kappa shape index (κ3) is 3.14. The summed E-state index contributed by atoms with van der Waals surface area (Å²) in [4.78, 5) is 0. The number of aryl methyl sites for hydroxylation is 2. The summed E-state index contributed by atoms with van der Waals surface area (Å²) in [7, 11) is 1.82. The number of hydrogen-bond donors (Lipinski definition) is 1. The van der Waals surface area contributed by atoms with Crippen LogP contribution in [0.1, 0.15) is 17.0 Å². The van der Waals surface area contributed by atoms with Crippen molar-refractivity contribution in [2.45, 2.75) is 25.8 Å². The number of rotatable bonds is 4. The molecule has 2 N–H and O–H groups in total. The molecule has 2 aromatic rings. The van der Waals surface area contributed by atoms with E-state index >= 15 is 0 Å². The molecule has 1 unspecified atom stereocenters. The minimum atomic E-state index is -0.333. The smallest absolute Gasteiger partial charge is 0.127 e. The van der Waals surface area contributed by atoms with Gasteiger partial charge in [-0.2, -0.15) is 5.10 Å². The van der Waals surface area contributed by atoms with Gasteiger partial charge in [-0.05, 0) is 25.5 Å². The van der Waals surface area contributed by atoms with Gasteiger partial charge >= 0.3 is 0 Å². The second-order valence-electron chi connectivity index (χ2n) is 4.84. The SMILES string of the molecule is Cc1nn(C)c(CC(N)Cc2c(F)cccc2Cl)c1Cl. The van der Waals surface area contributed by atoms with E-state index in [2.05, 4.69) is 5.10 Å². The van der Waals surface area contributed by atoms with Gasteiger partial charge in [-0.25, -0.2) is 4.39 Å². The summed E-state index contributed by atoms with van der Waals surface area (Å²) in [6.07, 6.45) is 0.868. The first kappa shape index (κ1) is 15.3. The van der Waals surface area contributed by atoms with E-state index in [1.165, 1.54) is 6.07 Å². The summed E-state index contributed by atoms with van der Waals surface area (Å²) in [5.41, 5.74) is 8.15. The number of aromatic nitrogens is 2. The number of benzene rings is 1. The van der Waals surface area contributed by atoms with Gasteiger partial charge in [-0.15, -0.1) is 0 Å². The average Bonchev–Trinajstić information content (AvgIpc) is 2.61. The molecule has 1 heterocycles. The first-order valence-corrected chi connectivity index (χ1v) is 7.02. The van der Waals surface area contributed by atoms with Gasteiger partial charge in [-0.3, -0.25) is 4.68 Å². The average molecular weight is 316 g/mol. The maximum absolute atomic E-state index is 13.7. The monoisotopic (exact) mass is 315 g/mol.